The lowest BCUT2D eigenvalue weighted by molar-refractivity contribution is 0.618. The molecule has 0 saturated heterocycles. The summed E-state index contributed by atoms with van der Waals surface area (Å²) in [5, 5.41) is 12.1. The minimum absolute atomic E-state index is 0.00930. The summed E-state index contributed by atoms with van der Waals surface area (Å²) < 4.78 is 13.7. The van der Waals surface area contributed by atoms with E-state index in [2.05, 4.69) is 10.3 Å². The molecule has 1 atom stereocenters. The summed E-state index contributed by atoms with van der Waals surface area (Å²) in [6.45, 7) is 3.67. The number of nitrogens with one attached hydrogen (secondary N) is 1. The highest BCUT2D eigenvalue weighted by molar-refractivity contribution is 5.56. The monoisotopic (exact) mass is 255 g/mol. The van der Waals surface area contributed by atoms with Gasteiger partial charge in [0.1, 0.15) is 5.82 Å². The van der Waals surface area contributed by atoms with Crippen molar-refractivity contribution in [3.8, 4) is 6.07 Å². The normalized spacial score (nSPS) is 11.7. The second-order valence-electron chi connectivity index (χ2n) is 4.39. The third-order valence-corrected chi connectivity index (χ3v) is 3.05. The Bertz CT molecular complexity index is 617. The van der Waals surface area contributed by atoms with Gasteiger partial charge in [-0.15, -0.1) is 0 Å². The molecule has 0 amide bonds. The van der Waals surface area contributed by atoms with Crippen molar-refractivity contribution in [3.05, 3.63) is 59.2 Å². The highest BCUT2D eigenvalue weighted by atomic mass is 19.1. The van der Waals surface area contributed by atoms with E-state index in [4.69, 9.17) is 5.26 Å². The Kier molecular flexibility index (Phi) is 3.76. The molecule has 0 aliphatic rings. The predicted octanol–water partition coefficient (Wildman–Crippen LogP) is 3.57. The molecule has 2 rings (SSSR count). The fraction of sp³-hybridized carbons (Fsp3) is 0.200. The maximum absolute atomic E-state index is 13.7. The van der Waals surface area contributed by atoms with Crippen LogP contribution < -0.4 is 5.32 Å². The molecule has 1 unspecified atom stereocenters. The van der Waals surface area contributed by atoms with E-state index in [1.54, 1.807) is 25.4 Å². The Morgan fingerprint density at radius 3 is 2.63 bits per heavy atom. The molecule has 0 aliphatic heterocycles. The van der Waals surface area contributed by atoms with E-state index in [1.807, 2.05) is 25.1 Å². The van der Waals surface area contributed by atoms with E-state index in [0.29, 0.717) is 16.8 Å². The molecule has 3 nitrogen and oxygen atoms in total. The van der Waals surface area contributed by atoms with Crippen LogP contribution in [0.25, 0.3) is 0 Å². The minimum atomic E-state index is -0.372. The van der Waals surface area contributed by atoms with Gasteiger partial charge in [0.05, 0.1) is 11.6 Å². The van der Waals surface area contributed by atoms with Gasteiger partial charge in [-0.05, 0) is 43.7 Å². The lowest BCUT2D eigenvalue weighted by Gasteiger charge is -2.17. The number of hydrogen-bond acceptors (Lipinski definition) is 3. The van der Waals surface area contributed by atoms with E-state index < -0.39 is 0 Å². The molecule has 1 aromatic heterocycles. The van der Waals surface area contributed by atoms with Gasteiger partial charge in [0, 0.05) is 29.7 Å². The number of rotatable bonds is 3. The van der Waals surface area contributed by atoms with E-state index in [9.17, 15) is 4.39 Å². The van der Waals surface area contributed by atoms with Crippen LogP contribution in [0.2, 0.25) is 0 Å². The summed E-state index contributed by atoms with van der Waals surface area (Å²) in [6.07, 6.45) is 3.43. The molecule has 0 aliphatic carbocycles. The van der Waals surface area contributed by atoms with Gasteiger partial charge in [0.15, 0.2) is 0 Å². The van der Waals surface area contributed by atoms with Crippen LogP contribution in [0.15, 0.2) is 36.7 Å². The zero-order valence-electron chi connectivity index (χ0n) is 10.8. The molecule has 2 aromatic rings. The van der Waals surface area contributed by atoms with Gasteiger partial charge < -0.3 is 5.32 Å². The quantitative estimate of drug-likeness (QED) is 0.912. The van der Waals surface area contributed by atoms with Crippen LogP contribution >= 0.6 is 0 Å². The van der Waals surface area contributed by atoms with Crippen LogP contribution in [-0.2, 0) is 0 Å². The average molecular weight is 255 g/mol. The molecular weight excluding hydrogens is 241 g/mol. The number of nitrogens with zero attached hydrogens (tertiary/aromatic N) is 2. The van der Waals surface area contributed by atoms with Crippen LogP contribution in [0.5, 0.6) is 0 Å². The van der Waals surface area contributed by atoms with Gasteiger partial charge >= 0.3 is 0 Å². The Labute approximate surface area is 111 Å². The van der Waals surface area contributed by atoms with Crippen molar-refractivity contribution in [2.45, 2.75) is 19.9 Å². The smallest absolute Gasteiger partial charge is 0.129 e. The second kappa shape index (κ2) is 5.49. The van der Waals surface area contributed by atoms with Gasteiger partial charge in [-0.25, -0.2) is 4.39 Å². The third kappa shape index (κ3) is 2.89. The Morgan fingerprint density at radius 1 is 1.32 bits per heavy atom. The Balaban J connectivity index is 2.29. The molecule has 96 valence electrons. The molecule has 4 heteroatoms. The van der Waals surface area contributed by atoms with Crippen LogP contribution in [0.1, 0.15) is 29.7 Å². The Morgan fingerprint density at radius 2 is 2.00 bits per heavy atom. The van der Waals surface area contributed by atoms with E-state index >= 15 is 0 Å². The number of pyridine rings is 1. The van der Waals surface area contributed by atoms with Gasteiger partial charge in [-0.2, -0.15) is 5.26 Å². The number of halogens is 1. The van der Waals surface area contributed by atoms with Crippen molar-refractivity contribution in [1.82, 2.24) is 4.98 Å². The van der Waals surface area contributed by atoms with Crippen molar-refractivity contribution >= 4 is 5.69 Å². The number of aromatic nitrogens is 1. The molecule has 0 bridgehead atoms. The standard InChI is InChI=1S/C15H14FN3/c1-10-14(16)7-12(9-17)8-15(10)19-11(2)13-3-5-18-6-4-13/h3-8,11,19H,1-2H3. The lowest BCUT2D eigenvalue weighted by atomic mass is 10.1. The lowest BCUT2D eigenvalue weighted by Crippen LogP contribution is -2.08. The average Bonchev–Trinajstić information content (AvgIpc) is 2.44. The van der Waals surface area contributed by atoms with Gasteiger partial charge in [0.25, 0.3) is 0 Å². The van der Waals surface area contributed by atoms with Gasteiger partial charge in [-0.3, -0.25) is 4.98 Å². The molecule has 1 N–H and O–H groups in total. The molecule has 0 radical (unpaired) electrons. The zero-order chi connectivity index (χ0) is 13.8. The van der Waals surface area contributed by atoms with Gasteiger partial charge in [0.2, 0.25) is 0 Å². The van der Waals surface area contributed by atoms with Crippen molar-refractivity contribution in [1.29, 1.82) is 5.26 Å². The minimum Gasteiger partial charge on any atom is -0.378 e. The van der Waals surface area contributed by atoms with Crippen LogP contribution in [0.3, 0.4) is 0 Å². The zero-order valence-corrected chi connectivity index (χ0v) is 10.8. The summed E-state index contributed by atoms with van der Waals surface area (Å²) >= 11 is 0. The molecule has 19 heavy (non-hydrogen) atoms. The maximum Gasteiger partial charge on any atom is 0.129 e. The fourth-order valence-corrected chi connectivity index (χ4v) is 1.86. The SMILES string of the molecule is Cc1c(F)cc(C#N)cc1NC(C)c1ccncc1. The highest BCUT2D eigenvalue weighted by Crippen LogP contribution is 2.25. The third-order valence-electron chi connectivity index (χ3n) is 3.05. The first kappa shape index (κ1) is 13.0. The summed E-state index contributed by atoms with van der Waals surface area (Å²) in [5.41, 5.74) is 2.52. The van der Waals surface area contributed by atoms with E-state index in [0.717, 1.165) is 5.56 Å². The van der Waals surface area contributed by atoms with Gasteiger partial charge in [-0.1, -0.05) is 0 Å². The first-order chi connectivity index (χ1) is 9.11. The largest absolute Gasteiger partial charge is 0.378 e. The topological polar surface area (TPSA) is 48.7 Å². The molecule has 1 heterocycles. The van der Waals surface area contributed by atoms with Crippen molar-refractivity contribution in [2.75, 3.05) is 5.32 Å². The maximum atomic E-state index is 13.7. The van der Waals surface area contributed by atoms with Crippen molar-refractivity contribution in [3.63, 3.8) is 0 Å². The molecule has 0 saturated carbocycles. The van der Waals surface area contributed by atoms with Crippen LogP contribution in [-0.4, -0.2) is 4.98 Å². The first-order valence-electron chi connectivity index (χ1n) is 5.98. The summed E-state index contributed by atoms with van der Waals surface area (Å²) in [4.78, 5) is 3.96. The molecular formula is C15H14FN3. The number of benzene rings is 1. The van der Waals surface area contributed by atoms with Crippen LogP contribution in [0.4, 0.5) is 10.1 Å². The number of anilines is 1. The fourth-order valence-electron chi connectivity index (χ4n) is 1.86. The van der Waals surface area contributed by atoms with Crippen molar-refractivity contribution < 1.29 is 4.39 Å². The molecule has 1 aromatic carbocycles. The van der Waals surface area contributed by atoms with Crippen molar-refractivity contribution in [2.24, 2.45) is 0 Å². The van der Waals surface area contributed by atoms with E-state index in [-0.39, 0.29) is 11.9 Å². The summed E-state index contributed by atoms with van der Waals surface area (Å²) in [6, 6.07) is 8.68. The highest BCUT2D eigenvalue weighted by Gasteiger charge is 2.10. The van der Waals surface area contributed by atoms with Crippen LogP contribution in [0, 0.1) is 24.1 Å². The summed E-state index contributed by atoms with van der Waals surface area (Å²) in [7, 11) is 0. The Hall–Kier alpha value is -2.41. The predicted molar refractivity (Wildman–Crippen MR) is 72.1 cm³/mol. The number of nitriles is 1. The first-order valence-corrected chi connectivity index (χ1v) is 5.98. The summed E-state index contributed by atoms with van der Waals surface area (Å²) in [5.74, 6) is -0.372. The van der Waals surface area contributed by atoms with E-state index in [1.165, 1.54) is 6.07 Å². The molecule has 0 spiro atoms. The second-order valence-corrected chi connectivity index (χ2v) is 4.39. The number of hydrogen-bond donors (Lipinski definition) is 1. The molecule has 0 fully saturated rings.